The Morgan fingerprint density at radius 2 is 1.38 bits per heavy atom. The Bertz CT molecular complexity index is 1720. The van der Waals surface area contributed by atoms with Crippen LogP contribution in [0, 0.1) is 0 Å². The molecule has 8 N–H and O–H groups in total. The van der Waals surface area contributed by atoms with Crippen molar-refractivity contribution in [2.24, 2.45) is 0 Å². The molecule has 0 aliphatic carbocycles. The Hall–Kier alpha value is -4.70. The number of methoxy groups -OCH3 is 4. The van der Waals surface area contributed by atoms with Crippen LogP contribution in [-0.2, 0) is 33.3 Å². The Kier molecular flexibility index (Phi) is 12.0. The van der Waals surface area contributed by atoms with Gasteiger partial charge in [0.15, 0.2) is 35.4 Å². The molecular formula is C34H40O19. The number of aromatic hydroxyl groups is 2. The summed E-state index contributed by atoms with van der Waals surface area (Å²) in [5.41, 5.74) is -1.09. The lowest BCUT2D eigenvalue weighted by molar-refractivity contribution is -0.383. The SMILES string of the molecule is COc1cc(/C=C2/C(=O)O[C@H]3[C@@H](O)[C@@H](CO)O[C@@]3(CO)O[C@H]3O[C@H](COC(=O)/C2=C/c2cc(OC)c(O)c(OC)c2)[C@@H](O)[C@H](O)[C@@H]3O)c(OC)cc1O. The summed E-state index contributed by atoms with van der Waals surface area (Å²) in [5.74, 6) is -6.28. The lowest BCUT2D eigenvalue weighted by Gasteiger charge is -2.43. The first-order chi connectivity index (χ1) is 25.3. The van der Waals surface area contributed by atoms with Crippen molar-refractivity contribution in [1.82, 2.24) is 0 Å². The predicted molar refractivity (Wildman–Crippen MR) is 175 cm³/mol. The van der Waals surface area contributed by atoms with Crippen molar-refractivity contribution in [3.63, 3.8) is 0 Å². The fourth-order valence-electron chi connectivity index (χ4n) is 6.01. The molecule has 3 saturated heterocycles. The maximum absolute atomic E-state index is 14.4. The summed E-state index contributed by atoms with van der Waals surface area (Å²) in [7, 11) is 5.02. The van der Waals surface area contributed by atoms with Gasteiger partial charge in [-0.2, -0.15) is 0 Å². The highest BCUT2D eigenvalue weighted by atomic mass is 16.8. The van der Waals surface area contributed by atoms with Crippen LogP contribution < -0.4 is 18.9 Å². The average molecular weight is 753 g/mol. The second kappa shape index (κ2) is 16.1. The van der Waals surface area contributed by atoms with Crippen LogP contribution in [0.25, 0.3) is 12.2 Å². The second-order valence-corrected chi connectivity index (χ2v) is 12.0. The van der Waals surface area contributed by atoms with Crippen LogP contribution in [0.3, 0.4) is 0 Å². The fourth-order valence-corrected chi connectivity index (χ4v) is 6.01. The number of phenols is 2. The minimum absolute atomic E-state index is 0.0277. The second-order valence-electron chi connectivity index (χ2n) is 12.0. The van der Waals surface area contributed by atoms with E-state index in [1.54, 1.807) is 0 Å². The predicted octanol–water partition coefficient (Wildman–Crippen LogP) is -1.67. The van der Waals surface area contributed by atoms with Crippen LogP contribution in [0.15, 0.2) is 35.4 Å². The lowest BCUT2D eigenvalue weighted by Crippen LogP contribution is -2.63. The zero-order chi connectivity index (χ0) is 38.8. The van der Waals surface area contributed by atoms with Crippen LogP contribution in [0.2, 0.25) is 0 Å². The molecule has 19 nitrogen and oxygen atoms in total. The molecule has 3 heterocycles. The van der Waals surface area contributed by atoms with Gasteiger partial charge in [-0.1, -0.05) is 0 Å². The van der Waals surface area contributed by atoms with Gasteiger partial charge in [-0.15, -0.1) is 0 Å². The molecule has 3 aliphatic heterocycles. The van der Waals surface area contributed by atoms with Crippen LogP contribution in [0.4, 0.5) is 0 Å². The molecule has 0 saturated carbocycles. The molecule has 3 fully saturated rings. The van der Waals surface area contributed by atoms with E-state index in [1.165, 1.54) is 46.6 Å². The third-order valence-corrected chi connectivity index (χ3v) is 8.85. The normalized spacial score (nSPS) is 32.1. The van der Waals surface area contributed by atoms with E-state index in [-0.39, 0.29) is 39.9 Å². The van der Waals surface area contributed by atoms with Crippen molar-refractivity contribution in [2.75, 3.05) is 48.3 Å². The van der Waals surface area contributed by atoms with Crippen molar-refractivity contribution in [3.8, 4) is 34.5 Å². The number of benzene rings is 2. The Morgan fingerprint density at radius 1 is 0.755 bits per heavy atom. The molecule has 0 spiro atoms. The number of aliphatic hydroxyl groups is 6. The van der Waals surface area contributed by atoms with Crippen molar-refractivity contribution >= 4 is 24.1 Å². The van der Waals surface area contributed by atoms with Crippen molar-refractivity contribution in [3.05, 3.63) is 46.5 Å². The number of ether oxygens (including phenoxy) is 9. The van der Waals surface area contributed by atoms with E-state index in [0.29, 0.717) is 0 Å². The van der Waals surface area contributed by atoms with Gasteiger partial charge in [-0.25, -0.2) is 9.59 Å². The molecule has 2 aromatic carbocycles. The van der Waals surface area contributed by atoms with Gasteiger partial charge < -0.3 is 83.5 Å². The molecule has 5 rings (SSSR count). The van der Waals surface area contributed by atoms with Gasteiger partial charge in [0.1, 0.15) is 55.6 Å². The van der Waals surface area contributed by atoms with Gasteiger partial charge in [0.25, 0.3) is 0 Å². The third-order valence-electron chi connectivity index (χ3n) is 8.85. The zero-order valence-electron chi connectivity index (χ0n) is 28.8. The molecule has 3 aliphatic rings. The summed E-state index contributed by atoms with van der Waals surface area (Å²) in [6.07, 6.45) is -12.7. The van der Waals surface area contributed by atoms with E-state index in [1.807, 2.05) is 0 Å². The van der Waals surface area contributed by atoms with E-state index >= 15 is 0 Å². The number of cyclic esters (lactones) is 1. The fraction of sp³-hybridized carbons (Fsp3) is 0.471. The standard InChI is InChI=1S/C34H40O19/c1-45-19-10-18(37)20(46-2)9-15(19)8-17-16(5-14-6-21(47-3)25(38)22(7-14)48-4)31(43)49-12-24-26(39)28(41)29(42)33(50-24)53-34(13-36)30(51-32(17)44)27(40)23(11-35)52-34/h5-10,23-24,26-30,33,35-42H,11-13H2,1-4H3/b16-5+,17-8+/t23-,24-,26-,27+,28+,29+,30+,33-,34+/m1/s1. The summed E-state index contributed by atoms with van der Waals surface area (Å²) in [4.78, 5) is 28.6. The largest absolute Gasteiger partial charge is 0.504 e. The first-order valence-electron chi connectivity index (χ1n) is 15.9. The number of aliphatic hydroxyl groups excluding tert-OH is 6. The number of hydrogen-bond donors (Lipinski definition) is 8. The number of fused-ring (bicyclic) bond motifs is 3. The Balaban J connectivity index is 1.79. The van der Waals surface area contributed by atoms with Crippen LogP contribution in [-0.4, -0.2) is 156 Å². The van der Waals surface area contributed by atoms with Crippen LogP contribution in [0.1, 0.15) is 11.1 Å². The monoisotopic (exact) mass is 752 g/mol. The molecule has 0 unspecified atom stereocenters. The summed E-state index contributed by atoms with van der Waals surface area (Å²) < 4.78 is 49.4. The number of rotatable bonds is 8. The quantitative estimate of drug-likeness (QED) is 0.111. The summed E-state index contributed by atoms with van der Waals surface area (Å²) in [5, 5.41) is 84.9. The third kappa shape index (κ3) is 7.56. The zero-order valence-corrected chi connectivity index (χ0v) is 28.8. The van der Waals surface area contributed by atoms with Crippen LogP contribution >= 0.6 is 0 Å². The molecule has 2 aromatic rings. The first kappa shape index (κ1) is 39.5. The number of carbonyl (C=O) groups is 2. The Labute approximate surface area is 301 Å². The average Bonchev–Trinajstić information content (AvgIpc) is 3.42. The van der Waals surface area contributed by atoms with E-state index < -0.39 is 103 Å². The van der Waals surface area contributed by atoms with Crippen LogP contribution in [0.5, 0.6) is 34.5 Å². The maximum atomic E-state index is 14.4. The lowest BCUT2D eigenvalue weighted by atomic mass is 9.98. The van der Waals surface area contributed by atoms with E-state index in [4.69, 9.17) is 42.6 Å². The smallest absolute Gasteiger partial charge is 0.339 e. The van der Waals surface area contributed by atoms with Gasteiger partial charge >= 0.3 is 11.9 Å². The highest BCUT2D eigenvalue weighted by molar-refractivity contribution is 6.13. The molecule has 9 atom stereocenters. The number of hydrogen-bond acceptors (Lipinski definition) is 19. The molecule has 53 heavy (non-hydrogen) atoms. The topological polar surface area (TPSA) is 279 Å². The molecule has 290 valence electrons. The molecular weight excluding hydrogens is 712 g/mol. The minimum atomic E-state index is -2.58. The summed E-state index contributed by atoms with van der Waals surface area (Å²) in [6, 6.07) is 4.99. The molecule has 19 heteroatoms. The van der Waals surface area contributed by atoms with Crippen molar-refractivity contribution in [1.29, 1.82) is 0 Å². The van der Waals surface area contributed by atoms with E-state index in [2.05, 4.69) is 0 Å². The highest BCUT2D eigenvalue weighted by Crippen LogP contribution is 2.42. The highest BCUT2D eigenvalue weighted by Gasteiger charge is 2.61. The number of esters is 2. The molecule has 0 amide bonds. The van der Waals surface area contributed by atoms with Gasteiger partial charge in [-0.05, 0) is 35.9 Å². The first-order valence-corrected chi connectivity index (χ1v) is 15.9. The maximum Gasteiger partial charge on any atom is 0.339 e. The van der Waals surface area contributed by atoms with E-state index in [9.17, 15) is 50.4 Å². The van der Waals surface area contributed by atoms with Gasteiger partial charge in [0.2, 0.25) is 11.5 Å². The summed E-state index contributed by atoms with van der Waals surface area (Å²) >= 11 is 0. The number of carbonyl (C=O) groups excluding carboxylic acids is 2. The van der Waals surface area contributed by atoms with Crippen molar-refractivity contribution in [2.45, 2.75) is 54.8 Å². The molecule has 2 bridgehead atoms. The summed E-state index contributed by atoms with van der Waals surface area (Å²) in [6.45, 7) is -2.89. The van der Waals surface area contributed by atoms with Gasteiger partial charge in [0, 0.05) is 11.6 Å². The Morgan fingerprint density at radius 3 is 1.96 bits per heavy atom. The van der Waals surface area contributed by atoms with E-state index in [0.717, 1.165) is 18.2 Å². The minimum Gasteiger partial charge on any atom is -0.504 e. The van der Waals surface area contributed by atoms with Gasteiger partial charge in [-0.3, -0.25) is 0 Å². The number of phenolic OH excluding ortho intramolecular Hbond substituents is 2. The molecule has 0 radical (unpaired) electrons. The van der Waals surface area contributed by atoms with Gasteiger partial charge in [0.05, 0.1) is 46.2 Å². The van der Waals surface area contributed by atoms with Crippen molar-refractivity contribution < 1.29 is 93.1 Å². The molecule has 0 aromatic heterocycles.